The van der Waals surface area contributed by atoms with Crippen molar-refractivity contribution >= 4 is 0 Å². The van der Waals surface area contributed by atoms with Gasteiger partial charge in [0.05, 0.1) is 0 Å². The lowest BCUT2D eigenvalue weighted by Crippen LogP contribution is -2.22. The summed E-state index contributed by atoms with van der Waals surface area (Å²) in [6, 6.07) is 4.81. The molecule has 1 aromatic carbocycles. The third kappa shape index (κ3) is 4.01. The molecule has 0 bridgehead atoms. The van der Waals surface area contributed by atoms with E-state index in [1.807, 2.05) is 19.9 Å². The minimum atomic E-state index is -0.411. The van der Waals surface area contributed by atoms with Crippen molar-refractivity contribution in [3.05, 3.63) is 41.3 Å². The Labute approximate surface area is 123 Å². The minimum absolute atomic E-state index is 0.0238. The van der Waals surface area contributed by atoms with Gasteiger partial charge < -0.3 is 15.0 Å². The van der Waals surface area contributed by atoms with E-state index in [4.69, 9.17) is 15.0 Å². The Balaban J connectivity index is 2.10. The Morgan fingerprint density at radius 2 is 2.19 bits per heavy atom. The fourth-order valence-electron chi connectivity index (χ4n) is 1.93. The predicted octanol–water partition coefficient (Wildman–Crippen LogP) is 2.63. The first-order chi connectivity index (χ1) is 10.1. The minimum Gasteiger partial charge on any atom is -0.480 e. The molecule has 2 N–H and O–H groups in total. The second kappa shape index (κ2) is 7.17. The number of ether oxygens (including phenoxy) is 1. The number of benzene rings is 1. The van der Waals surface area contributed by atoms with Gasteiger partial charge >= 0.3 is 0 Å². The van der Waals surface area contributed by atoms with Crippen LogP contribution in [-0.2, 0) is 19.4 Å². The molecule has 2 rings (SSSR count). The van der Waals surface area contributed by atoms with E-state index in [0.717, 1.165) is 12.0 Å². The number of aromatic nitrogens is 2. The molecule has 1 atom stereocenters. The number of nitrogens with two attached hydrogens (primary N) is 1. The number of nitrogens with zero attached hydrogens (tertiary/aromatic N) is 2. The van der Waals surface area contributed by atoms with E-state index in [9.17, 15) is 4.39 Å². The molecule has 1 heterocycles. The van der Waals surface area contributed by atoms with E-state index in [1.54, 1.807) is 6.07 Å². The highest BCUT2D eigenvalue weighted by atomic mass is 19.1. The average Bonchev–Trinajstić information content (AvgIpc) is 2.94. The van der Waals surface area contributed by atoms with Crippen LogP contribution in [0.4, 0.5) is 4.39 Å². The lowest BCUT2D eigenvalue weighted by atomic mass is 10.0. The molecule has 2 aromatic rings. The lowest BCUT2D eigenvalue weighted by molar-refractivity contribution is 0.231. The van der Waals surface area contributed by atoms with Crippen LogP contribution in [0.25, 0.3) is 0 Å². The van der Waals surface area contributed by atoms with Crippen LogP contribution < -0.4 is 10.5 Å². The quantitative estimate of drug-likeness (QED) is 0.849. The first kappa shape index (κ1) is 15.4. The van der Waals surface area contributed by atoms with Crippen molar-refractivity contribution < 1.29 is 13.7 Å². The van der Waals surface area contributed by atoms with E-state index >= 15 is 0 Å². The molecule has 5 nitrogen and oxygen atoms in total. The fraction of sp³-hybridized carbons (Fsp3) is 0.467. The summed E-state index contributed by atoms with van der Waals surface area (Å²) in [7, 11) is 0. The highest BCUT2D eigenvalue weighted by Crippen LogP contribution is 2.25. The maximum absolute atomic E-state index is 13.9. The average molecular weight is 293 g/mol. The normalized spacial score (nSPS) is 12.4. The van der Waals surface area contributed by atoms with Gasteiger partial charge in [0.1, 0.15) is 0 Å². The van der Waals surface area contributed by atoms with E-state index in [-0.39, 0.29) is 18.4 Å². The maximum Gasteiger partial charge on any atom is 0.264 e. The van der Waals surface area contributed by atoms with Gasteiger partial charge in [-0.1, -0.05) is 31.1 Å². The van der Waals surface area contributed by atoms with Crippen LogP contribution in [-0.4, -0.2) is 16.2 Å². The zero-order chi connectivity index (χ0) is 15.2. The summed E-state index contributed by atoms with van der Waals surface area (Å²) in [5.74, 6) is 0.736. The molecule has 21 heavy (non-hydrogen) atoms. The Hall–Kier alpha value is -1.95. The zero-order valence-corrected chi connectivity index (χ0v) is 12.3. The summed E-state index contributed by atoms with van der Waals surface area (Å²) in [5, 5.41) is 3.77. The van der Waals surface area contributed by atoms with Crippen LogP contribution in [0.15, 0.2) is 22.7 Å². The van der Waals surface area contributed by atoms with Crippen molar-refractivity contribution in [1.29, 1.82) is 0 Å². The second-order valence-corrected chi connectivity index (χ2v) is 4.85. The van der Waals surface area contributed by atoms with E-state index < -0.39 is 5.82 Å². The van der Waals surface area contributed by atoms with Gasteiger partial charge in [0.15, 0.2) is 24.0 Å². The van der Waals surface area contributed by atoms with Crippen LogP contribution in [0.5, 0.6) is 5.75 Å². The lowest BCUT2D eigenvalue weighted by Gasteiger charge is -2.14. The molecular weight excluding hydrogens is 273 g/mol. The van der Waals surface area contributed by atoms with Crippen LogP contribution in [0, 0.1) is 5.82 Å². The molecule has 0 saturated carbocycles. The highest BCUT2D eigenvalue weighted by molar-refractivity contribution is 5.35. The van der Waals surface area contributed by atoms with Crippen molar-refractivity contribution in [1.82, 2.24) is 10.1 Å². The number of hydrogen-bond donors (Lipinski definition) is 1. The van der Waals surface area contributed by atoms with Gasteiger partial charge in [0.25, 0.3) is 5.89 Å². The van der Waals surface area contributed by atoms with Crippen molar-refractivity contribution in [3.63, 3.8) is 0 Å². The number of aryl methyl sites for hydroxylation is 1. The highest BCUT2D eigenvalue weighted by Gasteiger charge is 2.14. The van der Waals surface area contributed by atoms with E-state index in [0.29, 0.717) is 24.6 Å². The molecule has 0 fully saturated rings. The molecule has 0 saturated heterocycles. The van der Waals surface area contributed by atoms with Gasteiger partial charge in [0, 0.05) is 12.5 Å². The third-order valence-electron chi connectivity index (χ3n) is 3.22. The summed E-state index contributed by atoms with van der Waals surface area (Å²) in [4.78, 5) is 4.13. The fourth-order valence-corrected chi connectivity index (χ4v) is 1.93. The smallest absolute Gasteiger partial charge is 0.264 e. The number of rotatable bonds is 7. The molecule has 1 unspecified atom stereocenters. The first-order valence-corrected chi connectivity index (χ1v) is 7.11. The summed E-state index contributed by atoms with van der Waals surface area (Å²) < 4.78 is 24.5. The molecule has 1 aromatic heterocycles. The molecule has 0 aliphatic rings. The standard InChI is InChI=1S/C15H20FN3O2/c1-3-11(17)8-10-6-5-7-12(16)15(10)20-9-14-18-13(4-2)19-21-14/h5-7,11H,3-4,8-9,17H2,1-2H3. The molecule has 0 spiro atoms. The van der Waals surface area contributed by atoms with Crippen LogP contribution in [0.1, 0.15) is 37.5 Å². The Bertz CT molecular complexity index is 586. The number of para-hydroxylation sites is 1. The molecule has 0 aliphatic heterocycles. The Morgan fingerprint density at radius 3 is 2.86 bits per heavy atom. The maximum atomic E-state index is 13.9. The SMILES string of the molecule is CCc1noc(COc2c(F)cccc2CC(N)CC)n1. The summed E-state index contributed by atoms with van der Waals surface area (Å²) >= 11 is 0. The monoisotopic (exact) mass is 293 g/mol. The largest absolute Gasteiger partial charge is 0.480 e. The second-order valence-electron chi connectivity index (χ2n) is 4.85. The first-order valence-electron chi connectivity index (χ1n) is 7.11. The van der Waals surface area contributed by atoms with Gasteiger partial charge in [-0.2, -0.15) is 4.98 Å². The summed E-state index contributed by atoms with van der Waals surface area (Å²) in [5.41, 5.74) is 6.68. The van der Waals surface area contributed by atoms with Crippen LogP contribution in [0.3, 0.4) is 0 Å². The van der Waals surface area contributed by atoms with Crippen molar-refractivity contribution in [2.45, 2.75) is 45.8 Å². The predicted molar refractivity (Wildman–Crippen MR) is 76.4 cm³/mol. The van der Waals surface area contributed by atoms with Crippen molar-refractivity contribution in [3.8, 4) is 5.75 Å². The van der Waals surface area contributed by atoms with Gasteiger partial charge in [0.2, 0.25) is 0 Å². The number of halogens is 1. The van der Waals surface area contributed by atoms with E-state index in [2.05, 4.69) is 10.1 Å². The van der Waals surface area contributed by atoms with Gasteiger partial charge in [-0.15, -0.1) is 0 Å². The molecule has 0 amide bonds. The van der Waals surface area contributed by atoms with Crippen molar-refractivity contribution in [2.75, 3.05) is 0 Å². The van der Waals surface area contributed by atoms with Gasteiger partial charge in [-0.3, -0.25) is 0 Å². The Morgan fingerprint density at radius 1 is 1.38 bits per heavy atom. The molecular formula is C15H20FN3O2. The Kier molecular flexibility index (Phi) is 5.27. The van der Waals surface area contributed by atoms with E-state index in [1.165, 1.54) is 6.07 Å². The van der Waals surface area contributed by atoms with Gasteiger partial charge in [-0.05, 0) is 24.5 Å². The molecule has 114 valence electrons. The molecule has 6 heteroatoms. The summed E-state index contributed by atoms with van der Waals surface area (Å²) in [6.45, 7) is 3.97. The third-order valence-corrected chi connectivity index (χ3v) is 3.22. The number of hydrogen-bond acceptors (Lipinski definition) is 5. The zero-order valence-electron chi connectivity index (χ0n) is 12.3. The van der Waals surface area contributed by atoms with Crippen LogP contribution >= 0.6 is 0 Å². The van der Waals surface area contributed by atoms with Crippen molar-refractivity contribution in [2.24, 2.45) is 5.73 Å². The van der Waals surface area contributed by atoms with Gasteiger partial charge in [-0.25, -0.2) is 4.39 Å². The molecule has 0 aliphatic carbocycles. The summed E-state index contributed by atoms with van der Waals surface area (Å²) in [6.07, 6.45) is 2.06. The van der Waals surface area contributed by atoms with Crippen LogP contribution in [0.2, 0.25) is 0 Å². The molecule has 0 radical (unpaired) electrons. The topological polar surface area (TPSA) is 74.2 Å².